The Morgan fingerprint density at radius 2 is 1.84 bits per heavy atom. The zero-order valence-corrected chi connectivity index (χ0v) is 15.2. The van der Waals surface area contributed by atoms with Crippen molar-refractivity contribution in [3.63, 3.8) is 0 Å². The van der Waals surface area contributed by atoms with Crippen LogP contribution in [-0.4, -0.2) is 59.3 Å². The molecule has 1 saturated carbocycles. The molecule has 6 nitrogen and oxygen atoms in total. The number of rotatable bonds is 4. The lowest BCUT2D eigenvalue weighted by molar-refractivity contribution is 0.0854. The van der Waals surface area contributed by atoms with E-state index in [0.717, 1.165) is 55.8 Å². The van der Waals surface area contributed by atoms with Gasteiger partial charge in [0.2, 0.25) is 5.88 Å². The molecule has 25 heavy (non-hydrogen) atoms. The first-order chi connectivity index (χ1) is 12.2. The second-order valence-corrected chi connectivity index (χ2v) is 7.55. The summed E-state index contributed by atoms with van der Waals surface area (Å²) in [7, 11) is 4.33. The van der Waals surface area contributed by atoms with Crippen LogP contribution in [-0.2, 0) is 4.74 Å². The van der Waals surface area contributed by atoms with Crippen LogP contribution in [0.4, 0.5) is 0 Å². The van der Waals surface area contributed by atoms with Crippen molar-refractivity contribution >= 4 is 11.0 Å². The van der Waals surface area contributed by atoms with E-state index in [4.69, 9.17) is 9.47 Å². The molecule has 1 aliphatic carbocycles. The van der Waals surface area contributed by atoms with Crippen LogP contribution >= 0.6 is 0 Å². The maximum atomic E-state index is 6.37. The molecule has 6 heteroatoms. The molecule has 0 amide bonds. The Balaban J connectivity index is 1.54. The fourth-order valence-corrected chi connectivity index (χ4v) is 4.21. The van der Waals surface area contributed by atoms with Gasteiger partial charge in [0.25, 0.3) is 0 Å². The molecule has 2 aliphatic rings. The molecule has 136 valence electrons. The van der Waals surface area contributed by atoms with Crippen LogP contribution in [0.3, 0.4) is 0 Å². The number of ether oxygens (including phenoxy) is 2. The van der Waals surface area contributed by atoms with Gasteiger partial charge in [-0.1, -0.05) is 0 Å². The summed E-state index contributed by atoms with van der Waals surface area (Å²) in [6.07, 6.45) is 10.6. The van der Waals surface area contributed by atoms with Crippen LogP contribution in [0.25, 0.3) is 11.0 Å². The molecule has 0 spiro atoms. The zero-order valence-electron chi connectivity index (χ0n) is 15.2. The van der Waals surface area contributed by atoms with E-state index in [2.05, 4.69) is 40.1 Å². The van der Waals surface area contributed by atoms with Crippen molar-refractivity contribution in [3.8, 4) is 5.88 Å². The minimum absolute atomic E-state index is 0.256. The van der Waals surface area contributed by atoms with Crippen LogP contribution in [0.2, 0.25) is 0 Å². The van der Waals surface area contributed by atoms with Crippen molar-refractivity contribution in [1.82, 2.24) is 19.9 Å². The van der Waals surface area contributed by atoms with Gasteiger partial charge in [0, 0.05) is 25.5 Å². The average Bonchev–Trinajstić information content (AvgIpc) is 3.08. The molecule has 0 radical (unpaired) electrons. The normalized spacial score (nSPS) is 25.6. The summed E-state index contributed by atoms with van der Waals surface area (Å²) in [5.41, 5.74) is 2.17. The number of aromatic amines is 1. The Hall–Kier alpha value is -1.66. The lowest BCUT2D eigenvalue weighted by Gasteiger charge is -2.32. The van der Waals surface area contributed by atoms with Crippen molar-refractivity contribution in [3.05, 3.63) is 18.1 Å². The van der Waals surface area contributed by atoms with E-state index in [1.165, 1.54) is 18.4 Å². The van der Waals surface area contributed by atoms with Crippen molar-refractivity contribution in [2.75, 3.05) is 27.3 Å². The van der Waals surface area contributed by atoms with Gasteiger partial charge in [-0.2, -0.15) is 0 Å². The number of nitrogens with one attached hydrogen (secondary N) is 1. The van der Waals surface area contributed by atoms with E-state index >= 15 is 0 Å². The summed E-state index contributed by atoms with van der Waals surface area (Å²) >= 11 is 0. The van der Waals surface area contributed by atoms with Crippen molar-refractivity contribution in [1.29, 1.82) is 0 Å². The number of aromatic nitrogens is 3. The quantitative estimate of drug-likeness (QED) is 0.923. The third-order valence-corrected chi connectivity index (χ3v) is 5.78. The van der Waals surface area contributed by atoms with Crippen molar-refractivity contribution < 1.29 is 9.47 Å². The number of hydrogen-bond acceptors (Lipinski definition) is 5. The molecule has 2 fully saturated rings. The summed E-state index contributed by atoms with van der Waals surface area (Å²) in [6.45, 7) is 1.66. The van der Waals surface area contributed by atoms with Gasteiger partial charge < -0.3 is 19.4 Å². The van der Waals surface area contributed by atoms with Crippen molar-refractivity contribution in [2.24, 2.45) is 0 Å². The summed E-state index contributed by atoms with van der Waals surface area (Å²) in [6, 6.07) is 0.676. The molecular formula is C19H28N4O2. The summed E-state index contributed by atoms with van der Waals surface area (Å²) < 4.78 is 11.9. The Bertz CT molecular complexity index is 701. The van der Waals surface area contributed by atoms with Gasteiger partial charge in [0.15, 0.2) is 0 Å². The first kappa shape index (κ1) is 16.8. The predicted octanol–water partition coefficient (Wildman–Crippen LogP) is 3.10. The van der Waals surface area contributed by atoms with Gasteiger partial charge in [-0.05, 0) is 64.1 Å². The minimum atomic E-state index is 0.256. The van der Waals surface area contributed by atoms with Gasteiger partial charge in [-0.3, -0.25) is 0 Å². The highest BCUT2D eigenvalue weighted by Gasteiger charge is 2.26. The van der Waals surface area contributed by atoms with Gasteiger partial charge in [-0.25, -0.2) is 9.97 Å². The van der Waals surface area contributed by atoms with Gasteiger partial charge in [0.05, 0.1) is 5.39 Å². The first-order valence-electron chi connectivity index (χ1n) is 9.45. The molecule has 1 aliphatic heterocycles. The molecule has 0 aromatic carbocycles. The lowest BCUT2D eigenvalue weighted by atomic mass is 9.91. The van der Waals surface area contributed by atoms with E-state index in [1.54, 1.807) is 6.33 Å². The number of fused-ring (bicyclic) bond motifs is 1. The minimum Gasteiger partial charge on any atom is -0.474 e. The van der Waals surface area contributed by atoms with Crippen molar-refractivity contribution in [2.45, 2.75) is 56.6 Å². The first-order valence-corrected chi connectivity index (χ1v) is 9.45. The molecular weight excluding hydrogens is 316 g/mol. The van der Waals surface area contributed by atoms with E-state index < -0.39 is 0 Å². The monoisotopic (exact) mass is 344 g/mol. The smallest absolute Gasteiger partial charge is 0.226 e. The predicted molar refractivity (Wildman–Crippen MR) is 97.0 cm³/mol. The molecule has 2 aromatic rings. The van der Waals surface area contributed by atoms with Gasteiger partial charge in [0.1, 0.15) is 18.1 Å². The summed E-state index contributed by atoms with van der Waals surface area (Å²) in [5.74, 6) is 1.25. The lowest BCUT2D eigenvalue weighted by Crippen LogP contribution is -2.35. The molecule has 1 N–H and O–H groups in total. The number of H-pyrrole nitrogens is 1. The molecule has 4 rings (SSSR count). The van der Waals surface area contributed by atoms with Crippen LogP contribution in [0.1, 0.15) is 50.0 Å². The zero-order chi connectivity index (χ0) is 17.2. The Labute approximate surface area is 148 Å². The standard InChI is InChI=1S/C19H28N4O2/c1-23(2)14-3-5-15(6-4-14)25-19-17-16(13-7-9-24-10-8-13)11-20-18(17)21-12-22-19/h11-15H,3-10H2,1-2H3,(H,20,21,22)/t14-,15-. The number of hydrogen-bond donors (Lipinski definition) is 1. The highest BCUT2D eigenvalue weighted by molar-refractivity contribution is 5.85. The van der Waals surface area contributed by atoms with Crippen LogP contribution in [0.15, 0.2) is 12.5 Å². The number of nitrogens with zero attached hydrogens (tertiary/aromatic N) is 3. The SMILES string of the molecule is CN(C)[C@H]1CC[C@H](Oc2ncnc3[nH]cc(C4CCOCC4)c23)CC1. The Morgan fingerprint density at radius 1 is 1.08 bits per heavy atom. The maximum Gasteiger partial charge on any atom is 0.226 e. The Kier molecular flexibility index (Phi) is 4.90. The molecule has 0 unspecified atom stereocenters. The average molecular weight is 344 g/mol. The third-order valence-electron chi connectivity index (χ3n) is 5.78. The largest absolute Gasteiger partial charge is 0.474 e. The molecule has 1 saturated heterocycles. The Morgan fingerprint density at radius 3 is 2.56 bits per heavy atom. The summed E-state index contributed by atoms with van der Waals surface area (Å²) in [4.78, 5) is 14.5. The fourth-order valence-electron chi connectivity index (χ4n) is 4.21. The second kappa shape index (κ2) is 7.30. The maximum absolute atomic E-state index is 6.37. The van der Waals surface area contributed by atoms with Crippen LogP contribution in [0, 0.1) is 0 Å². The third kappa shape index (κ3) is 3.51. The van der Waals surface area contributed by atoms with Gasteiger partial charge >= 0.3 is 0 Å². The van der Waals surface area contributed by atoms with E-state index in [9.17, 15) is 0 Å². The van der Waals surface area contributed by atoms with E-state index in [1.807, 2.05) is 0 Å². The summed E-state index contributed by atoms with van der Waals surface area (Å²) in [5, 5.41) is 1.07. The fraction of sp³-hybridized carbons (Fsp3) is 0.684. The molecule has 0 bridgehead atoms. The van der Waals surface area contributed by atoms with Crippen LogP contribution in [0.5, 0.6) is 5.88 Å². The van der Waals surface area contributed by atoms with E-state index in [-0.39, 0.29) is 6.10 Å². The highest BCUT2D eigenvalue weighted by Crippen LogP contribution is 2.36. The topological polar surface area (TPSA) is 63.3 Å². The molecule has 0 atom stereocenters. The van der Waals surface area contributed by atoms with E-state index in [0.29, 0.717) is 12.0 Å². The second-order valence-electron chi connectivity index (χ2n) is 7.55. The van der Waals surface area contributed by atoms with Gasteiger partial charge in [-0.15, -0.1) is 0 Å². The highest BCUT2D eigenvalue weighted by atomic mass is 16.5. The molecule has 3 heterocycles. The molecule has 2 aromatic heterocycles. The van der Waals surface area contributed by atoms with Crippen LogP contribution < -0.4 is 4.74 Å².